The Morgan fingerprint density at radius 2 is 1.90 bits per heavy atom. The van der Waals surface area contributed by atoms with Crippen molar-refractivity contribution in [1.29, 1.82) is 0 Å². The molecule has 1 heterocycles. The summed E-state index contributed by atoms with van der Waals surface area (Å²) in [6.45, 7) is 1.95. The number of ether oxygens (including phenoxy) is 1. The van der Waals surface area contributed by atoms with Crippen LogP contribution in [0.5, 0.6) is 5.75 Å². The van der Waals surface area contributed by atoms with Crippen LogP contribution in [-0.2, 0) is 4.79 Å². The Labute approximate surface area is 170 Å². The van der Waals surface area contributed by atoms with Gasteiger partial charge < -0.3 is 20.2 Å². The highest BCUT2D eigenvalue weighted by Gasteiger charge is 2.38. The van der Waals surface area contributed by atoms with Crippen LogP contribution in [-0.4, -0.2) is 40.6 Å². The maximum Gasteiger partial charge on any atom is 0.286 e. The number of rotatable bonds is 8. The molecule has 29 heavy (non-hydrogen) atoms. The summed E-state index contributed by atoms with van der Waals surface area (Å²) >= 11 is 0. The highest BCUT2D eigenvalue weighted by Crippen LogP contribution is 2.27. The third kappa shape index (κ3) is 4.82. The molecule has 1 aliphatic rings. The predicted molar refractivity (Wildman–Crippen MR) is 107 cm³/mol. The van der Waals surface area contributed by atoms with E-state index < -0.39 is 17.4 Å². The van der Waals surface area contributed by atoms with Gasteiger partial charge in [0.05, 0.1) is 18.7 Å². The van der Waals surface area contributed by atoms with Crippen LogP contribution < -0.4 is 15.8 Å². The van der Waals surface area contributed by atoms with Crippen molar-refractivity contribution >= 4 is 11.7 Å². The van der Waals surface area contributed by atoms with Crippen LogP contribution >= 0.6 is 0 Å². The fourth-order valence-electron chi connectivity index (χ4n) is 3.59. The van der Waals surface area contributed by atoms with Gasteiger partial charge in [-0.15, -0.1) is 10.2 Å². The van der Waals surface area contributed by atoms with E-state index in [0.29, 0.717) is 37.0 Å². The van der Waals surface area contributed by atoms with Gasteiger partial charge in [-0.25, -0.2) is 0 Å². The molecular formula is C21H28N4O4. The number of methoxy groups -OCH3 is 1. The summed E-state index contributed by atoms with van der Waals surface area (Å²) in [6, 6.07) is 6.34. The number of nitrogens with one attached hydrogen (secondary N) is 1. The SMILES string of the molecule is CCC[C@H](NC(=O)C1(N)CCCCC1)C(=O)c1nnc(-c2ccc(OC)cc2)o1. The van der Waals surface area contributed by atoms with Crippen LogP contribution in [0.3, 0.4) is 0 Å². The van der Waals surface area contributed by atoms with Crippen molar-refractivity contribution < 1.29 is 18.7 Å². The fourth-order valence-corrected chi connectivity index (χ4v) is 3.59. The number of Topliss-reactive ketones (excluding diaryl/α,β-unsaturated/α-hetero) is 1. The van der Waals surface area contributed by atoms with E-state index in [9.17, 15) is 9.59 Å². The molecule has 3 rings (SSSR count). The predicted octanol–water partition coefficient (Wildman–Crippen LogP) is 2.87. The molecule has 0 unspecified atom stereocenters. The van der Waals surface area contributed by atoms with Gasteiger partial charge in [-0.05, 0) is 43.5 Å². The largest absolute Gasteiger partial charge is 0.497 e. The summed E-state index contributed by atoms with van der Waals surface area (Å²) in [7, 11) is 1.58. The number of amides is 1. The quantitative estimate of drug-likeness (QED) is 0.654. The van der Waals surface area contributed by atoms with Gasteiger partial charge in [0.2, 0.25) is 17.6 Å². The van der Waals surface area contributed by atoms with E-state index in [0.717, 1.165) is 19.3 Å². The van der Waals surface area contributed by atoms with Gasteiger partial charge in [-0.2, -0.15) is 0 Å². The third-order valence-corrected chi connectivity index (χ3v) is 5.37. The smallest absolute Gasteiger partial charge is 0.286 e. The van der Waals surface area contributed by atoms with Crippen molar-refractivity contribution in [3.63, 3.8) is 0 Å². The lowest BCUT2D eigenvalue weighted by atomic mass is 9.81. The maximum atomic E-state index is 12.9. The number of nitrogens with two attached hydrogens (primary N) is 1. The second-order valence-electron chi connectivity index (χ2n) is 7.54. The molecule has 0 bridgehead atoms. The van der Waals surface area contributed by atoms with Crippen LogP contribution in [0.25, 0.3) is 11.5 Å². The minimum Gasteiger partial charge on any atom is -0.497 e. The van der Waals surface area contributed by atoms with Gasteiger partial charge in [0.25, 0.3) is 5.89 Å². The molecule has 1 aliphatic carbocycles. The summed E-state index contributed by atoms with van der Waals surface area (Å²) < 4.78 is 10.7. The number of aromatic nitrogens is 2. The second kappa shape index (κ2) is 9.17. The van der Waals surface area contributed by atoms with Gasteiger partial charge in [0.15, 0.2) is 0 Å². The fraction of sp³-hybridized carbons (Fsp3) is 0.524. The first kappa shape index (κ1) is 21.0. The number of nitrogens with zero attached hydrogens (tertiary/aromatic N) is 2. The molecule has 0 radical (unpaired) electrons. The number of benzene rings is 1. The van der Waals surface area contributed by atoms with E-state index in [-0.39, 0.29) is 17.7 Å². The van der Waals surface area contributed by atoms with Gasteiger partial charge >= 0.3 is 0 Å². The maximum absolute atomic E-state index is 12.9. The van der Waals surface area contributed by atoms with Gasteiger partial charge in [0, 0.05) is 5.56 Å². The Morgan fingerprint density at radius 1 is 1.21 bits per heavy atom. The first-order valence-corrected chi connectivity index (χ1v) is 10.1. The highest BCUT2D eigenvalue weighted by molar-refractivity contribution is 5.99. The van der Waals surface area contributed by atoms with E-state index in [4.69, 9.17) is 14.9 Å². The van der Waals surface area contributed by atoms with Gasteiger partial charge in [-0.1, -0.05) is 32.6 Å². The lowest BCUT2D eigenvalue weighted by Gasteiger charge is -2.33. The lowest BCUT2D eigenvalue weighted by Crippen LogP contribution is -2.58. The molecule has 0 spiro atoms. The Bertz CT molecular complexity index is 841. The lowest BCUT2D eigenvalue weighted by molar-refractivity contribution is -0.128. The topological polar surface area (TPSA) is 120 Å². The number of ketones is 1. The standard InChI is InChI=1S/C21H28N4O4/c1-3-7-16(23-20(27)21(22)12-5-4-6-13-21)17(26)19-25-24-18(29-19)14-8-10-15(28-2)11-9-14/h8-11,16H,3-7,12-13,22H2,1-2H3,(H,23,27)/t16-/m0/s1. The molecule has 0 aliphatic heterocycles. The highest BCUT2D eigenvalue weighted by atomic mass is 16.5. The normalized spacial score (nSPS) is 16.8. The number of hydrogen-bond donors (Lipinski definition) is 2. The Balaban J connectivity index is 1.73. The first-order chi connectivity index (χ1) is 14.0. The molecule has 2 aromatic rings. The molecule has 0 saturated heterocycles. The third-order valence-electron chi connectivity index (χ3n) is 5.37. The van der Waals surface area contributed by atoms with Crippen LogP contribution in [0.2, 0.25) is 0 Å². The molecule has 8 nitrogen and oxygen atoms in total. The first-order valence-electron chi connectivity index (χ1n) is 10.1. The zero-order valence-corrected chi connectivity index (χ0v) is 16.9. The molecule has 1 amide bonds. The van der Waals surface area contributed by atoms with Crippen LogP contribution in [0, 0.1) is 0 Å². The van der Waals surface area contributed by atoms with Crippen molar-refractivity contribution in [3.8, 4) is 17.2 Å². The summed E-state index contributed by atoms with van der Waals surface area (Å²) in [5.74, 6) is 0.143. The van der Waals surface area contributed by atoms with Crippen LogP contribution in [0.1, 0.15) is 62.6 Å². The molecule has 156 valence electrons. The average Bonchev–Trinajstić information content (AvgIpc) is 3.23. The molecule has 8 heteroatoms. The van der Waals surface area contributed by atoms with Crippen LogP contribution in [0.4, 0.5) is 0 Å². The van der Waals surface area contributed by atoms with E-state index >= 15 is 0 Å². The van der Waals surface area contributed by atoms with E-state index in [1.807, 2.05) is 6.92 Å². The summed E-state index contributed by atoms with van der Waals surface area (Å²) in [4.78, 5) is 25.7. The number of hydrogen-bond acceptors (Lipinski definition) is 7. The second-order valence-corrected chi connectivity index (χ2v) is 7.54. The van der Waals surface area contributed by atoms with E-state index in [1.54, 1.807) is 31.4 Å². The Morgan fingerprint density at radius 3 is 2.52 bits per heavy atom. The van der Waals surface area contributed by atoms with Crippen molar-refractivity contribution in [2.75, 3.05) is 7.11 Å². The molecule has 3 N–H and O–H groups in total. The average molecular weight is 400 g/mol. The monoisotopic (exact) mass is 400 g/mol. The van der Waals surface area contributed by atoms with Crippen molar-refractivity contribution in [1.82, 2.24) is 15.5 Å². The summed E-state index contributed by atoms with van der Waals surface area (Å²) in [6.07, 6.45) is 5.38. The summed E-state index contributed by atoms with van der Waals surface area (Å²) in [5.41, 5.74) is 6.07. The molecule has 1 atom stereocenters. The molecule has 1 aromatic carbocycles. The van der Waals surface area contributed by atoms with Crippen molar-refractivity contribution in [3.05, 3.63) is 30.2 Å². The van der Waals surface area contributed by atoms with Crippen LogP contribution in [0.15, 0.2) is 28.7 Å². The Hall–Kier alpha value is -2.74. The molecular weight excluding hydrogens is 372 g/mol. The minimum atomic E-state index is -0.909. The molecule has 1 fully saturated rings. The molecule has 1 aromatic heterocycles. The van der Waals surface area contributed by atoms with Crippen molar-refractivity contribution in [2.24, 2.45) is 5.73 Å². The number of carbonyl (C=O) groups is 2. The zero-order valence-electron chi connectivity index (χ0n) is 16.9. The molecule has 1 saturated carbocycles. The van der Waals surface area contributed by atoms with Gasteiger partial charge in [-0.3, -0.25) is 9.59 Å². The minimum absolute atomic E-state index is 0.121. The van der Waals surface area contributed by atoms with Crippen molar-refractivity contribution in [2.45, 2.75) is 63.5 Å². The zero-order chi connectivity index (χ0) is 20.9. The summed E-state index contributed by atoms with van der Waals surface area (Å²) in [5, 5.41) is 10.7. The number of carbonyl (C=O) groups excluding carboxylic acids is 2. The van der Waals surface area contributed by atoms with Gasteiger partial charge in [0.1, 0.15) is 5.75 Å². The van der Waals surface area contributed by atoms with E-state index in [2.05, 4.69) is 15.5 Å². The Kier molecular flexibility index (Phi) is 6.64. The van der Waals surface area contributed by atoms with E-state index in [1.165, 1.54) is 0 Å².